The summed E-state index contributed by atoms with van der Waals surface area (Å²) in [7, 11) is 0. The van der Waals surface area contributed by atoms with Gasteiger partial charge in [0.15, 0.2) is 0 Å². The number of thioether (sulfide) groups is 1. The molecule has 0 spiro atoms. The minimum Gasteiger partial charge on any atom is -0.313 e. The fourth-order valence-corrected chi connectivity index (χ4v) is 3.57. The summed E-state index contributed by atoms with van der Waals surface area (Å²) < 4.78 is 0. The highest BCUT2D eigenvalue weighted by molar-refractivity contribution is 7.99. The Morgan fingerprint density at radius 3 is 3.21 bits per heavy atom. The summed E-state index contributed by atoms with van der Waals surface area (Å²) in [4.78, 5) is 1.50. The van der Waals surface area contributed by atoms with E-state index in [4.69, 9.17) is 0 Å². The van der Waals surface area contributed by atoms with Gasteiger partial charge >= 0.3 is 0 Å². The normalized spacial score (nSPS) is 22.4. The van der Waals surface area contributed by atoms with Gasteiger partial charge in [0.05, 0.1) is 0 Å². The van der Waals surface area contributed by atoms with Gasteiger partial charge in [-0.25, -0.2) is 0 Å². The molecule has 78 valence electrons. The van der Waals surface area contributed by atoms with Gasteiger partial charge in [-0.3, -0.25) is 0 Å². The summed E-state index contributed by atoms with van der Waals surface area (Å²) in [6, 6.07) is 5.13. The molecule has 0 amide bonds. The van der Waals surface area contributed by atoms with Crippen LogP contribution >= 0.6 is 23.1 Å². The number of hydrogen-bond acceptors (Lipinski definition) is 3. The van der Waals surface area contributed by atoms with Crippen molar-refractivity contribution >= 4 is 23.1 Å². The predicted molar refractivity (Wildman–Crippen MR) is 66.4 cm³/mol. The van der Waals surface area contributed by atoms with Crippen LogP contribution in [0.3, 0.4) is 0 Å². The smallest absolute Gasteiger partial charge is 0.0158 e. The first-order valence-corrected chi connectivity index (χ1v) is 7.32. The summed E-state index contributed by atoms with van der Waals surface area (Å²) >= 11 is 3.96. The van der Waals surface area contributed by atoms with Crippen LogP contribution in [0.5, 0.6) is 0 Å². The number of hydrogen-bond donors (Lipinski definition) is 1. The molecular formula is C11H17NS2. The van der Waals surface area contributed by atoms with Gasteiger partial charge in [0, 0.05) is 23.2 Å². The highest BCUT2D eigenvalue weighted by Gasteiger charge is 2.12. The summed E-state index contributed by atoms with van der Waals surface area (Å²) in [5, 5.41) is 5.80. The summed E-state index contributed by atoms with van der Waals surface area (Å²) in [5.74, 6) is 2.67. The third kappa shape index (κ3) is 3.30. The number of thiophene rings is 1. The molecule has 1 saturated heterocycles. The summed E-state index contributed by atoms with van der Waals surface area (Å²) in [6.07, 6.45) is 3.96. The van der Waals surface area contributed by atoms with Gasteiger partial charge in [-0.2, -0.15) is 11.8 Å². The molecule has 1 atom stereocenters. The van der Waals surface area contributed by atoms with Gasteiger partial charge in [0.1, 0.15) is 0 Å². The zero-order chi connectivity index (χ0) is 9.64. The van der Waals surface area contributed by atoms with Crippen LogP contribution in [0.4, 0.5) is 0 Å². The molecule has 1 fully saturated rings. The van der Waals surface area contributed by atoms with Crippen molar-refractivity contribution in [2.24, 2.45) is 0 Å². The molecular weight excluding hydrogens is 210 g/mol. The van der Waals surface area contributed by atoms with E-state index in [1.165, 1.54) is 35.6 Å². The van der Waals surface area contributed by atoms with Crippen LogP contribution in [0.15, 0.2) is 17.5 Å². The first kappa shape index (κ1) is 10.5. The number of nitrogens with one attached hydrogen (secondary N) is 1. The molecule has 0 aliphatic carbocycles. The van der Waals surface area contributed by atoms with Gasteiger partial charge < -0.3 is 5.32 Å². The van der Waals surface area contributed by atoms with Crippen molar-refractivity contribution in [3.8, 4) is 0 Å². The second-order valence-corrected chi connectivity index (χ2v) is 5.88. The SMILES string of the molecule is c1csc(CCN[C@@H]2CCCSC2)c1. The van der Waals surface area contributed by atoms with Crippen LogP contribution in [-0.2, 0) is 6.42 Å². The molecule has 2 rings (SSSR count). The molecule has 0 unspecified atom stereocenters. The Kier molecular flexibility index (Phi) is 4.35. The van der Waals surface area contributed by atoms with Gasteiger partial charge in [-0.15, -0.1) is 11.3 Å². The summed E-state index contributed by atoms with van der Waals surface area (Å²) in [5.41, 5.74) is 0. The van der Waals surface area contributed by atoms with Crippen LogP contribution in [0.1, 0.15) is 17.7 Å². The van der Waals surface area contributed by atoms with E-state index in [0.717, 1.165) is 12.6 Å². The maximum Gasteiger partial charge on any atom is 0.0158 e. The van der Waals surface area contributed by atoms with Crippen molar-refractivity contribution in [1.82, 2.24) is 5.32 Å². The Labute approximate surface area is 94.3 Å². The quantitative estimate of drug-likeness (QED) is 0.849. The van der Waals surface area contributed by atoms with Crippen molar-refractivity contribution in [3.63, 3.8) is 0 Å². The molecule has 0 aromatic carbocycles. The van der Waals surface area contributed by atoms with E-state index in [0.29, 0.717) is 0 Å². The molecule has 1 aromatic heterocycles. The molecule has 1 nitrogen and oxygen atoms in total. The third-order valence-electron chi connectivity index (χ3n) is 2.54. The maximum absolute atomic E-state index is 3.65. The van der Waals surface area contributed by atoms with E-state index in [2.05, 4.69) is 34.6 Å². The molecule has 0 radical (unpaired) electrons. The zero-order valence-corrected chi connectivity index (χ0v) is 10.0. The lowest BCUT2D eigenvalue weighted by molar-refractivity contribution is 0.512. The van der Waals surface area contributed by atoms with Crippen LogP contribution in [0, 0.1) is 0 Å². The molecule has 3 heteroatoms. The molecule has 14 heavy (non-hydrogen) atoms. The van der Waals surface area contributed by atoms with Gasteiger partial charge in [0.2, 0.25) is 0 Å². The van der Waals surface area contributed by atoms with E-state index in [9.17, 15) is 0 Å². The Balaban J connectivity index is 1.62. The molecule has 1 N–H and O–H groups in total. The van der Waals surface area contributed by atoms with Crippen LogP contribution < -0.4 is 5.32 Å². The minimum atomic E-state index is 0.772. The molecule has 0 bridgehead atoms. The average molecular weight is 227 g/mol. The standard InChI is InChI=1S/C11H17NS2/c1-3-10(9-13-7-1)12-6-5-11-4-2-8-14-11/h2,4,8,10,12H,1,3,5-7,9H2/t10-/m1/s1. The van der Waals surface area contributed by atoms with Gasteiger partial charge in [-0.1, -0.05) is 6.07 Å². The van der Waals surface area contributed by atoms with Crippen molar-refractivity contribution in [2.45, 2.75) is 25.3 Å². The highest BCUT2D eigenvalue weighted by atomic mass is 32.2. The first-order chi connectivity index (χ1) is 6.95. The fourth-order valence-electron chi connectivity index (χ4n) is 1.76. The van der Waals surface area contributed by atoms with Crippen LogP contribution in [0.25, 0.3) is 0 Å². The van der Waals surface area contributed by atoms with Crippen molar-refractivity contribution in [3.05, 3.63) is 22.4 Å². The van der Waals surface area contributed by atoms with Crippen molar-refractivity contribution < 1.29 is 0 Å². The topological polar surface area (TPSA) is 12.0 Å². The third-order valence-corrected chi connectivity index (χ3v) is 4.70. The lowest BCUT2D eigenvalue weighted by atomic mass is 10.2. The molecule has 0 saturated carbocycles. The van der Waals surface area contributed by atoms with Crippen molar-refractivity contribution in [1.29, 1.82) is 0 Å². The lowest BCUT2D eigenvalue weighted by Gasteiger charge is -2.22. The molecule has 1 aliphatic heterocycles. The van der Waals surface area contributed by atoms with Gasteiger partial charge in [0.25, 0.3) is 0 Å². The molecule has 2 heterocycles. The van der Waals surface area contributed by atoms with Crippen molar-refractivity contribution in [2.75, 3.05) is 18.1 Å². The second-order valence-electron chi connectivity index (χ2n) is 3.70. The monoisotopic (exact) mass is 227 g/mol. The fraction of sp³-hybridized carbons (Fsp3) is 0.636. The van der Waals surface area contributed by atoms with E-state index < -0.39 is 0 Å². The Hall–Kier alpha value is 0.01000. The Morgan fingerprint density at radius 1 is 1.50 bits per heavy atom. The Bertz CT molecular complexity index is 240. The number of rotatable bonds is 4. The van der Waals surface area contributed by atoms with E-state index >= 15 is 0 Å². The van der Waals surface area contributed by atoms with E-state index in [1.807, 2.05) is 11.3 Å². The second kappa shape index (κ2) is 5.79. The highest BCUT2D eigenvalue weighted by Crippen LogP contribution is 2.17. The minimum absolute atomic E-state index is 0.772. The van der Waals surface area contributed by atoms with E-state index in [-0.39, 0.29) is 0 Å². The average Bonchev–Trinajstić information content (AvgIpc) is 2.72. The van der Waals surface area contributed by atoms with Gasteiger partial charge in [-0.05, 0) is 36.5 Å². The first-order valence-electron chi connectivity index (χ1n) is 5.28. The van der Waals surface area contributed by atoms with Crippen LogP contribution in [-0.4, -0.2) is 24.1 Å². The largest absolute Gasteiger partial charge is 0.313 e. The molecule has 1 aromatic rings. The zero-order valence-electron chi connectivity index (χ0n) is 8.37. The Morgan fingerprint density at radius 2 is 2.50 bits per heavy atom. The molecule has 1 aliphatic rings. The van der Waals surface area contributed by atoms with E-state index in [1.54, 1.807) is 0 Å². The predicted octanol–water partition coefficient (Wildman–Crippen LogP) is 2.78. The summed E-state index contributed by atoms with van der Waals surface area (Å²) in [6.45, 7) is 1.14. The van der Waals surface area contributed by atoms with Crippen LogP contribution in [0.2, 0.25) is 0 Å². The maximum atomic E-state index is 3.65. The lowest BCUT2D eigenvalue weighted by Crippen LogP contribution is -2.34.